The van der Waals surface area contributed by atoms with Crippen LogP contribution >= 0.6 is 7.82 Å². The van der Waals surface area contributed by atoms with Crippen molar-refractivity contribution in [2.75, 3.05) is 40.9 Å². The largest absolute Gasteiger partial charge is 0.472 e. The predicted molar refractivity (Wildman–Crippen MR) is 337 cm³/mol. The molecule has 0 bridgehead atoms. The molecule has 0 aromatic carbocycles. The van der Waals surface area contributed by atoms with E-state index in [2.05, 4.69) is 86.8 Å². The molecule has 0 aliphatic rings. The van der Waals surface area contributed by atoms with Crippen LogP contribution in [0.3, 0.4) is 0 Å². The van der Waals surface area contributed by atoms with Gasteiger partial charge in [0.1, 0.15) is 19.3 Å². The first-order chi connectivity index (χ1) is 37.9. The zero-order valence-electron chi connectivity index (χ0n) is 51.9. The van der Waals surface area contributed by atoms with E-state index in [0.29, 0.717) is 23.9 Å². The molecular formula is C68H126N2O7P+. The zero-order chi connectivity index (χ0) is 57.2. The van der Waals surface area contributed by atoms with Gasteiger partial charge >= 0.3 is 13.8 Å². The minimum absolute atomic E-state index is 0.0305. The van der Waals surface area contributed by atoms with Gasteiger partial charge in [0.05, 0.1) is 33.8 Å². The van der Waals surface area contributed by atoms with Crippen LogP contribution in [-0.4, -0.2) is 74.3 Å². The third kappa shape index (κ3) is 58.1. The fourth-order valence-corrected chi connectivity index (χ4v) is 10.0. The average Bonchev–Trinajstić information content (AvgIpc) is 3.40. The van der Waals surface area contributed by atoms with Crippen molar-refractivity contribution in [3.63, 3.8) is 0 Å². The normalized spacial score (nSPS) is 14.1. The summed E-state index contributed by atoms with van der Waals surface area (Å²) in [6.45, 7) is 6.96. The molecule has 0 saturated carbocycles. The molecule has 9 nitrogen and oxygen atoms in total. The SMILES string of the molecule is CCCCC/C=C\C/C=C\C/C=C\C/C=C\CCCC(=O)OC(/C=C\CCCCCCCCCCCC)C(COP(=O)(O)OCC[N+](C)(C)C)NC(=O)CCCCCCCCCCCCCCC/C=C/CCCCCCCC. The van der Waals surface area contributed by atoms with Gasteiger partial charge in [0.25, 0.3) is 0 Å². The molecule has 454 valence electrons. The molecule has 2 N–H and O–H groups in total. The van der Waals surface area contributed by atoms with Crippen molar-refractivity contribution in [2.45, 2.75) is 309 Å². The molecule has 0 heterocycles. The topological polar surface area (TPSA) is 111 Å². The van der Waals surface area contributed by atoms with Crippen LogP contribution in [0.2, 0.25) is 0 Å². The van der Waals surface area contributed by atoms with E-state index >= 15 is 0 Å². The van der Waals surface area contributed by atoms with Gasteiger partial charge in [-0.25, -0.2) is 4.57 Å². The number of allylic oxidation sites excluding steroid dienone is 11. The van der Waals surface area contributed by atoms with Gasteiger partial charge in [0, 0.05) is 12.8 Å². The Morgan fingerprint density at radius 2 is 0.795 bits per heavy atom. The van der Waals surface area contributed by atoms with Crippen LogP contribution in [0.25, 0.3) is 0 Å². The highest BCUT2D eigenvalue weighted by Gasteiger charge is 2.30. The van der Waals surface area contributed by atoms with E-state index in [1.165, 1.54) is 193 Å². The van der Waals surface area contributed by atoms with Crippen molar-refractivity contribution in [2.24, 2.45) is 0 Å². The molecule has 1 amide bonds. The maximum atomic E-state index is 13.6. The average molecular weight is 1110 g/mol. The van der Waals surface area contributed by atoms with Crippen LogP contribution in [-0.2, 0) is 27.9 Å². The van der Waals surface area contributed by atoms with Gasteiger partial charge in [-0.3, -0.25) is 18.6 Å². The Morgan fingerprint density at radius 1 is 0.449 bits per heavy atom. The summed E-state index contributed by atoms with van der Waals surface area (Å²) < 4.78 is 30.7. The Bertz CT molecular complexity index is 1570. The van der Waals surface area contributed by atoms with Gasteiger partial charge in [-0.2, -0.15) is 0 Å². The number of nitrogens with zero attached hydrogens (tertiary/aromatic N) is 1. The van der Waals surface area contributed by atoms with Crippen molar-refractivity contribution in [3.8, 4) is 0 Å². The highest BCUT2D eigenvalue weighted by molar-refractivity contribution is 7.47. The number of ether oxygens (including phenoxy) is 1. The Morgan fingerprint density at radius 3 is 1.23 bits per heavy atom. The fourth-order valence-electron chi connectivity index (χ4n) is 9.28. The number of likely N-dealkylation sites (N-methyl/N-ethyl adjacent to an activating group) is 1. The summed E-state index contributed by atoms with van der Waals surface area (Å²) in [5, 5.41) is 3.05. The number of amides is 1. The number of phosphoric acid groups is 1. The van der Waals surface area contributed by atoms with Crippen molar-refractivity contribution in [3.05, 3.63) is 72.9 Å². The van der Waals surface area contributed by atoms with Gasteiger partial charge in [0.2, 0.25) is 5.91 Å². The summed E-state index contributed by atoms with van der Waals surface area (Å²) in [6, 6.07) is -0.872. The quantitative estimate of drug-likeness (QED) is 0.0205. The Balaban J connectivity index is 5.22. The molecular weight excluding hydrogens is 988 g/mol. The summed E-state index contributed by atoms with van der Waals surface area (Å²) in [5.41, 5.74) is 0. The highest BCUT2D eigenvalue weighted by Crippen LogP contribution is 2.43. The molecule has 0 aromatic heterocycles. The van der Waals surface area contributed by atoms with Crippen LogP contribution in [0.15, 0.2) is 72.9 Å². The van der Waals surface area contributed by atoms with Gasteiger partial charge in [0.15, 0.2) is 0 Å². The maximum absolute atomic E-state index is 13.6. The Labute approximate surface area is 483 Å². The minimum Gasteiger partial charge on any atom is -0.456 e. The van der Waals surface area contributed by atoms with Gasteiger partial charge < -0.3 is 19.4 Å². The molecule has 3 unspecified atom stereocenters. The lowest BCUT2D eigenvalue weighted by atomic mass is 10.0. The summed E-state index contributed by atoms with van der Waals surface area (Å²) in [6.07, 6.45) is 74.8. The monoisotopic (exact) mass is 1110 g/mol. The number of phosphoric ester groups is 1. The molecule has 0 spiro atoms. The second-order valence-electron chi connectivity index (χ2n) is 23.3. The van der Waals surface area contributed by atoms with E-state index in [4.69, 9.17) is 13.8 Å². The second kappa shape index (κ2) is 57.7. The maximum Gasteiger partial charge on any atom is 0.472 e. The first-order valence-corrected chi connectivity index (χ1v) is 34.3. The lowest BCUT2D eigenvalue weighted by Crippen LogP contribution is -2.47. The third-order valence-electron chi connectivity index (χ3n) is 14.4. The van der Waals surface area contributed by atoms with E-state index < -0.39 is 20.0 Å². The second-order valence-corrected chi connectivity index (χ2v) is 24.7. The minimum atomic E-state index is -4.46. The van der Waals surface area contributed by atoms with Crippen LogP contribution < -0.4 is 5.32 Å². The number of carbonyl (C=O) groups excluding carboxylic acids is 2. The Kier molecular flexibility index (Phi) is 55.8. The number of esters is 1. The first-order valence-electron chi connectivity index (χ1n) is 32.8. The van der Waals surface area contributed by atoms with Crippen LogP contribution in [0.4, 0.5) is 0 Å². The van der Waals surface area contributed by atoms with Crippen LogP contribution in [0.1, 0.15) is 297 Å². The van der Waals surface area contributed by atoms with Crippen molar-refractivity contribution < 1.29 is 37.3 Å². The van der Waals surface area contributed by atoms with Crippen molar-refractivity contribution in [1.29, 1.82) is 0 Å². The molecule has 0 aromatic rings. The van der Waals surface area contributed by atoms with E-state index in [1.807, 2.05) is 33.3 Å². The molecule has 0 rings (SSSR count). The van der Waals surface area contributed by atoms with Crippen molar-refractivity contribution in [1.82, 2.24) is 5.32 Å². The van der Waals surface area contributed by atoms with Gasteiger partial charge in [-0.05, 0) is 96.0 Å². The lowest BCUT2D eigenvalue weighted by Gasteiger charge is -2.27. The first kappa shape index (κ1) is 75.5. The standard InChI is InChI=1S/C68H125N2O7P/c1-7-10-13-16-19-22-25-28-30-32-33-34-35-36-37-39-40-42-45-48-51-54-57-60-67(71)69-65(64-76-78(73,74)75-63-62-70(4,5)6)66(59-56-53-50-47-44-27-24-21-18-15-12-9-3)77-68(72)61-58-55-52-49-46-43-41-38-31-29-26-23-20-17-14-11-8-2/h20,23,28-31,41,43,49,52,56,59,65-66H,7-19,21-22,24-27,32-40,42,44-48,50-51,53-55,57-58,60-64H2,1-6H3,(H-,69,71,73,74)/p+1/b23-20-,30-28+,31-29-,43-41-,52-49-,59-56-. The lowest BCUT2D eigenvalue weighted by molar-refractivity contribution is -0.870. The van der Waals surface area contributed by atoms with E-state index in [0.717, 1.165) is 64.2 Å². The molecule has 3 atom stereocenters. The molecule has 0 aliphatic carbocycles. The highest BCUT2D eigenvalue weighted by atomic mass is 31.2. The zero-order valence-corrected chi connectivity index (χ0v) is 52.8. The molecule has 0 fully saturated rings. The third-order valence-corrected chi connectivity index (χ3v) is 15.4. The molecule has 0 saturated heterocycles. The Hall–Kier alpha value is -2.55. The van der Waals surface area contributed by atoms with E-state index in [-0.39, 0.29) is 31.5 Å². The summed E-state index contributed by atoms with van der Waals surface area (Å²) in [4.78, 5) is 37.7. The summed E-state index contributed by atoms with van der Waals surface area (Å²) in [7, 11) is 1.47. The van der Waals surface area contributed by atoms with Crippen LogP contribution in [0, 0.1) is 0 Å². The van der Waals surface area contributed by atoms with E-state index in [9.17, 15) is 19.0 Å². The smallest absolute Gasteiger partial charge is 0.456 e. The molecule has 0 radical (unpaired) electrons. The number of nitrogens with one attached hydrogen (secondary N) is 1. The summed E-state index contributed by atoms with van der Waals surface area (Å²) >= 11 is 0. The van der Waals surface area contributed by atoms with Crippen molar-refractivity contribution >= 4 is 19.7 Å². The number of carbonyl (C=O) groups is 2. The van der Waals surface area contributed by atoms with Gasteiger partial charge in [-0.15, -0.1) is 0 Å². The fraction of sp³-hybridized carbons (Fsp3) is 0.794. The number of unbranched alkanes of at least 4 members (excludes halogenated alkanes) is 33. The van der Waals surface area contributed by atoms with E-state index in [1.54, 1.807) is 0 Å². The predicted octanol–water partition coefficient (Wildman–Crippen LogP) is 20.4. The number of quaternary nitrogens is 1. The number of hydrogen-bond donors (Lipinski definition) is 2. The summed E-state index contributed by atoms with van der Waals surface area (Å²) in [5.74, 6) is -0.565. The number of hydrogen-bond acceptors (Lipinski definition) is 6. The molecule has 78 heavy (non-hydrogen) atoms. The van der Waals surface area contributed by atoms with Crippen LogP contribution in [0.5, 0.6) is 0 Å². The number of rotatable bonds is 59. The molecule has 0 aliphatic heterocycles. The van der Waals surface area contributed by atoms with Gasteiger partial charge in [-0.1, -0.05) is 261 Å². The molecule has 10 heteroatoms.